The first-order valence-electron chi connectivity index (χ1n) is 5.52. The molecule has 0 amide bonds. The highest BCUT2D eigenvalue weighted by Gasteiger charge is 2.06. The number of carboxylic acid groups (broad SMARTS) is 1. The molecule has 0 saturated carbocycles. The van der Waals surface area contributed by atoms with Crippen LogP contribution in [-0.4, -0.2) is 27.2 Å². The number of nitrogens with zero attached hydrogens (tertiary/aromatic N) is 2. The number of hydrogen-bond donors (Lipinski definition) is 2. The van der Waals surface area contributed by atoms with Gasteiger partial charge in [0, 0.05) is 25.5 Å². The summed E-state index contributed by atoms with van der Waals surface area (Å²) in [7, 11) is 0. The minimum atomic E-state index is -0.907. The Bertz CT molecular complexity index is 440. The molecule has 17 heavy (non-hydrogen) atoms. The summed E-state index contributed by atoms with van der Waals surface area (Å²) in [6.45, 7) is 4.85. The normalized spacial score (nSPS) is 10.5. The van der Waals surface area contributed by atoms with Gasteiger partial charge in [0.15, 0.2) is 5.82 Å². The number of carbonyl (C=O) groups is 1. The first-order chi connectivity index (χ1) is 8.00. The van der Waals surface area contributed by atoms with E-state index in [9.17, 15) is 9.59 Å². The molecular formula is C11H17N3O3. The van der Waals surface area contributed by atoms with Crippen LogP contribution in [0.2, 0.25) is 0 Å². The van der Waals surface area contributed by atoms with Gasteiger partial charge in [0.25, 0.3) is 5.56 Å². The van der Waals surface area contributed by atoms with E-state index in [-0.39, 0.29) is 24.3 Å². The van der Waals surface area contributed by atoms with Gasteiger partial charge in [-0.25, -0.2) is 4.98 Å². The molecular weight excluding hydrogens is 222 g/mol. The quantitative estimate of drug-likeness (QED) is 0.766. The SMILES string of the molecule is CC(C)Cn1ccnc(NCCC(=O)O)c1=O. The van der Waals surface area contributed by atoms with Crippen molar-refractivity contribution in [2.75, 3.05) is 11.9 Å². The summed E-state index contributed by atoms with van der Waals surface area (Å²) in [4.78, 5) is 26.1. The zero-order chi connectivity index (χ0) is 12.8. The third kappa shape index (κ3) is 4.26. The smallest absolute Gasteiger partial charge is 0.305 e. The van der Waals surface area contributed by atoms with E-state index >= 15 is 0 Å². The van der Waals surface area contributed by atoms with E-state index in [1.165, 1.54) is 6.20 Å². The molecule has 1 rings (SSSR count). The molecule has 0 atom stereocenters. The first kappa shape index (κ1) is 13.2. The predicted molar refractivity (Wildman–Crippen MR) is 64.1 cm³/mol. The molecule has 0 saturated heterocycles. The fourth-order valence-electron chi connectivity index (χ4n) is 1.39. The van der Waals surface area contributed by atoms with E-state index in [4.69, 9.17) is 5.11 Å². The maximum Gasteiger partial charge on any atom is 0.305 e. The second kappa shape index (κ2) is 6.03. The molecule has 6 heteroatoms. The summed E-state index contributed by atoms with van der Waals surface area (Å²) in [6, 6.07) is 0. The molecule has 0 unspecified atom stereocenters. The number of nitrogens with one attached hydrogen (secondary N) is 1. The lowest BCUT2D eigenvalue weighted by atomic mass is 10.2. The van der Waals surface area contributed by atoms with Crippen LogP contribution >= 0.6 is 0 Å². The van der Waals surface area contributed by atoms with Gasteiger partial charge in [-0.3, -0.25) is 9.59 Å². The molecule has 1 aromatic rings. The lowest BCUT2D eigenvalue weighted by molar-refractivity contribution is -0.136. The molecule has 0 aromatic carbocycles. The molecule has 0 aliphatic heterocycles. The van der Waals surface area contributed by atoms with Gasteiger partial charge in [-0.15, -0.1) is 0 Å². The highest BCUT2D eigenvalue weighted by molar-refractivity contribution is 5.67. The van der Waals surface area contributed by atoms with Crippen LogP contribution in [0.25, 0.3) is 0 Å². The van der Waals surface area contributed by atoms with E-state index in [0.717, 1.165) is 0 Å². The Kier molecular flexibility index (Phi) is 4.68. The van der Waals surface area contributed by atoms with Gasteiger partial charge >= 0.3 is 5.97 Å². The Morgan fingerprint density at radius 2 is 2.29 bits per heavy atom. The standard InChI is InChI=1S/C11H17N3O3/c1-8(2)7-14-6-5-13-10(11(14)17)12-4-3-9(15)16/h5-6,8H,3-4,7H2,1-2H3,(H,12,13)(H,15,16). The second-order valence-electron chi connectivity index (χ2n) is 4.20. The Hall–Kier alpha value is -1.85. The van der Waals surface area contributed by atoms with Crippen LogP contribution in [0.1, 0.15) is 20.3 Å². The van der Waals surface area contributed by atoms with Gasteiger partial charge in [0.2, 0.25) is 0 Å². The molecule has 0 aliphatic rings. The van der Waals surface area contributed by atoms with E-state index in [1.807, 2.05) is 13.8 Å². The predicted octanol–water partition coefficient (Wildman–Crippen LogP) is 0.786. The number of rotatable bonds is 6. The minimum Gasteiger partial charge on any atom is -0.481 e. The third-order valence-electron chi connectivity index (χ3n) is 2.11. The number of aliphatic carboxylic acids is 1. The molecule has 0 aliphatic carbocycles. The van der Waals surface area contributed by atoms with Crippen molar-refractivity contribution in [1.29, 1.82) is 0 Å². The first-order valence-corrected chi connectivity index (χ1v) is 5.52. The molecule has 0 fully saturated rings. The van der Waals surface area contributed by atoms with Crippen molar-refractivity contribution < 1.29 is 9.90 Å². The van der Waals surface area contributed by atoms with Gasteiger partial charge in [0.1, 0.15) is 0 Å². The molecule has 6 nitrogen and oxygen atoms in total. The van der Waals surface area contributed by atoms with Gasteiger partial charge in [-0.05, 0) is 5.92 Å². The number of hydrogen-bond acceptors (Lipinski definition) is 4. The molecule has 2 N–H and O–H groups in total. The van der Waals surface area contributed by atoms with Crippen LogP contribution in [0.3, 0.4) is 0 Å². The van der Waals surface area contributed by atoms with Crippen LogP contribution in [-0.2, 0) is 11.3 Å². The van der Waals surface area contributed by atoms with E-state index in [1.54, 1.807) is 10.8 Å². The van der Waals surface area contributed by atoms with Crippen LogP contribution in [0, 0.1) is 5.92 Å². The fourth-order valence-corrected chi connectivity index (χ4v) is 1.39. The average Bonchev–Trinajstić information content (AvgIpc) is 2.22. The molecule has 0 bridgehead atoms. The largest absolute Gasteiger partial charge is 0.481 e. The van der Waals surface area contributed by atoms with Crippen LogP contribution in [0.15, 0.2) is 17.2 Å². The Balaban J connectivity index is 2.73. The lowest BCUT2D eigenvalue weighted by Gasteiger charge is -2.10. The van der Waals surface area contributed by atoms with E-state index in [0.29, 0.717) is 12.5 Å². The molecule has 0 spiro atoms. The van der Waals surface area contributed by atoms with Gasteiger partial charge in [-0.2, -0.15) is 0 Å². The Morgan fingerprint density at radius 1 is 1.59 bits per heavy atom. The maximum absolute atomic E-state index is 11.9. The summed E-state index contributed by atoms with van der Waals surface area (Å²) in [5, 5.41) is 11.2. The Labute approximate surface area is 99.3 Å². The van der Waals surface area contributed by atoms with Gasteiger partial charge in [-0.1, -0.05) is 13.8 Å². The van der Waals surface area contributed by atoms with Gasteiger partial charge in [0.05, 0.1) is 6.42 Å². The molecule has 94 valence electrons. The van der Waals surface area contributed by atoms with Crippen LogP contribution < -0.4 is 10.9 Å². The van der Waals surface area contributed by atoms with Crippen molar-refractivity contribution >= 4 is 11.8 Å². The third-order valence-corrected chi connectivity index (χ3v) is 2.11. The van der Waals surface area contributed by atoms with E-state index < -0.39 is 5.97 Å². The molecule has 1 aromatic heterocycles. The lowest BCUT2D eigenvalue weighted by Crippen LogP contribution is -2.26. The van der Waals surface area contributed by atoms with Crippen molar-refractivity contribution in [3.8, 4) is 0 Å². The molecule has 1 heterocycles. The van der Waals surface area contributed by atoms with Crippen molar-refractivity contribution in [1.82, 2.24) is 9.55 Å². The maximum atomic E-state index is 11.9. The molecule has 0 radical (unpaired) electrons. The second-order valence-corrected chi connectivity index (χ2v) is 4.20. The topological polar surface area (TPSA) is 84.2 Å². The van der Waals surface area contributed by atoms with Crippen molar-refractivity contribution in [2.45, 2.75) is 26.8 Å². The van der Waals surface area contributed by atoms with Crippen molar-refractivity contribution in [3.05, 3.63) is 22.7 Å². The summed E-state index contributed by atoms with van der Waals surface area (Å²) >= 11 is 0. The summed E-state index contributed by atoms with van der Waals surface area (Å²) in [5.74, 6) is -0.340. The number of aromatic nitrogens is 2. The number of carboxylic acids is 1. The average molecular weight is 239 g/mol. The van der Waals surface area contributed by atoms with Crippen LogP contribution in [0.4, 0.5) is 5.82 Å². The Morgan fingerprint density at radius 3 is 2.88 bits per heavy atom. The zero-order valence-electron chi connectivity index (χ0n) is 10.0. The summed E-state index contributed by atoms with van der Waals surface area (Å²) in [6.07, 6.45) is 3.12. The summed E-state index contributed by atoms with van der Waals surface area (Å²) < 4.78 is 1.57. The summed E-state index contributed by atoms with van der Waals surface area (Å²) in [5.41, 5.74) is -0.216. The zero-order valence-corrected chi connectivity index (χ0v) is 10.0. The monoisotopic (exact) mass is 239 g/mol. The fraction of sp³-hybridized carbons (Fsp3) is 0.545. The van der Waals surface area contributed by atoms with Gasteiger partial charge < -0.3 is 15.0 Å². The van der Waals surface area contributed by atoms with Crippen molar-refractivity contribution in [3.63, 3.8) is 0 Å². The number of anilines is 1. The minimum absolute atomic E-state index is 0.0415. The highest BCUT2D eigenvalue weighted by atomic mass is 16.4. The van der Waals surface area contributed by atoms with E-state index in [2.05, 4.69) is 10.3 Å². The highest BCUT2D eigenvalue weighted by Crippen LogP contribution is 1.98. The van der Waals surface area contributed by atoms with Crippen LogP contribution in [0.5, 0.6) is 0 Å². The van der Waals surface area contributed by atoms with Crippen molar-refractivity contribution in [2.24, 2.45) is 5.92 Å².